The zero-order valence-corrected chi connectivity index (χ0v) is 9.38. The van der Waals surface area contributed by atoms with E-state index >= 15 is 0 Å². The van der Waals surface area contributed by atoms with E-state index in [1.165, 1.54) is 19.2 Å². The summed E-state index contributed by atoms with van der Waals surface area (Å²) in [5.41, 5.74) is 6.56. The highest BCUT2D eigenvalue weighted by molar-refractivity contribution is 5.92. The third kappa shape index (κ3) is 3.11. The highest BCUT2D eigenvalue weighted by Gasteiger charge is 2.12. The smallest absolute Gasteiger partial charge is 0.341 e. The Kier molecular flexibility index (Phi) is 5.11. The summed E-state index contributed by atoms with van der Waals surface area (Å²) in [4.78, 5) is 11.2. The van der Waals surface area contributed by atoms with Crippen molar-refractivity contribution in [3.8, 4) is 5.75 Å². The van der Waals surface area contributed by atoms with Gasteiger partial charge >= 0.3 is 5.97 Å². The fourth-order valence-electron chi connectivity index (χ4n) is 1.11. The van der Waals surface area contributed by atoms with Crippen LogP contribution in [0.1, 0.15) is 28.9 Å². The van der Waals surface area contributed by atoms with E-state index in [1.54, 1.807) is 13.0 Å². The van der Waals surface area contributed by atoms with Gasteiger partial charge in [0.1, 0.15) is 11.3 Å². The quantitative estimate of drug-likeness (QED) is 0.759. The van der Waals surface area contributed by atoms with E-state index < -0.39 is 5.97 Å². The van der Waals surface area contributed by atoms with Crippen LogP contribution in [0.4, 0.5) is 0 Å². The first kappa shape index (κ1) is 13.7. The summed E-state index contributed by atoms with van der Waals surface area (Å²) in [5, 5.41) is 9.38. The van der Waals surface area contributed by atoms with Crippen LogP contribution in [0.25, 0.3) is 0 Å². The predicted octanol–water partition coefficient (Wildman–Crippen LogP) is 1.62. The number of aromatic hydroxyl groups is 1. The Morgan fingerprint density at radius 1 is 1.53 bits per heavy atom. The van der Waals surface area contributed by atoms with E-state index in [-0.39, 0.29) is 29.8 Å². The molecule has 1 unspecified atom stereocenters. The van der Waals surface area contributed by atoms with Crippen LogP contribution in [0.5, 0.6) is 5.75 Å². The van der Waals surface area contributed by atoms with Crippen molar-refractivity contribution in [1.82, 2.24) is 0 Å². The molecule has 1 rings (SSSR count). The molecular weight excluding hydrogens is 218 g/mol. The number of phenolic OH excluding ortho intramolecular Hbond substituents is 1. The molecule has 0 spiro atoms. The van der Waals surface area contributed by atoms with Gasteiger partial charge in [0.2, 0.25) is 0 Å². The Balaban J connectivity index is 0.00000196. The second kappa shape index (κ2) is 5.58. The number of hydrogen-bond acceptors (Lipinski definition) is 4. The molecule has 5 heteroatoms. The molecule has 0 saturated carbocycles. The minimum Gasteiger partial charge on any atom is -0.507 e. The van der Waals surface area contributed by atoms with Gasteiger partial charge in [-0.2, -0.15) is 0 Å². The second-order valence-electron chi connectivity index (χ2n) is 3.06. The number of phenols is 1. The highest BCUT2D eigenvalue weighted by atomic mass is 35.5. The predicted molar refractivity (Wildman–Crippen MR) is 59.3 cm³/mol. The van der Waals surface area contributed by atoms with Gasteiger partial charge in [-0.3, -0.25) is 0 Å². The molecule has 0 aromatic heterocycles. The van der Waals surface area contributed by atoms with E-state index in [0.717, 1.165) is 5.56 Å². The molecule has 0 aliphatic rings. The third-order valence-corrected chi connectivity index (χ3v) is 1.95. The second-order valence-corrected chi connectivity index (χ2v) is 3.06. The summed E-state index contributed by atoms with van der Waals surface area (Å²) in [7, 11) is 1.26. The lowest BCUT2D eigenvalue weighted by atomic mass is 10.1. The fraction of sp³-hybridized carbons (Fsp3) is 0.300. The number of carbonyl (C=O) groups excluding carboxylic acids is 1. The first-order valence-electron chi connectivity index (χ1n) is 4.23. The number of nitrogens with two attached hydrogens (primary N) is 1. The van der Waals surface area contributed by atoms with E-state index in [0.29, 0.717) is 0 Å². The summed E-state index contributed by atoms with van der Waals surface area (Å²) in [6, 6.07) is 4.46. The van der Waals surface area contributed by atoms with Gasteiger partial charge < -0.3 is 15.6 Å². The molecule has 0 radical (unpaired) electrons. The van der Waals surface area contributed by atoms with Gasteiger partial charge in [0.25, 0.3) is 0 Å². The SMILES string of the molecule is COC(=O)c1cc(C(C)N)ccc1O.Cl. The van der Waals surface area contributed by atoms with Gasteiger partial charge in [0.05, 0.1) is 7.11 Å². The molecule has 0 bridgehead atoms. The van der Waals surface area contributed by atoms with Crippen LogP contribution in [0.3, 0.4) is 0 Å². The first-order chi connectivity index (χ1) is 6.56. The van der Waals surface area contributed by atoms with Crippen molar-refractivity contribution >= 4 is 18.4 Å². The standard InChI is InChI=1S/C10H13NO3.ClH/c1-6(11)7-3-4-9(12)8(5-7)10(13)14-2;/h3-6,12H,11H2,1-2H3;1H. The lowest BCUT2D eigenvalue weighted by molar-refractivity contribution is 0.0597. The van der Waals surface area contributed by atoms with Crippen LogP contribution in [0.15, 0.2) is 18.2 Å². The van der Waals surface area contributed by atoms with Crippen LogP contribution in [-0.4, -0.2) is 18.2 Å². The summed E-state index contributed by atoms with van der Waals surface area (Å²) in [6.45, 7) is 1.80. The molecule has 0 aliphatic heterocycles. The van der Waals surface area contributed by atoms with Crippen molar-refractivity contribution in [2.75, 3.05) is 7.11 Å². The molecule has 0 fully saturated rings. The Morgan fingerprint density at radius 2 is 2.13 bits per heavy atom. The number of ether oxygens (including phenoxy) is 1. The van der Waals surface area contributed by atoms with Crippen molar-refractivity contribution in [2.24, 2.45) is 5.73 Å². The highest BCUT2D eigenvalue weighted by Crippen LogP contribution is 2.21. The summed E-state index contributed by atoms with van der Waals surface area (Å²) in [6.07, 6.45) is 0. The average molecular weight is 232 g/mol. The fourth-order valence-corrected chi connectivity index (χ4v) is 1.11. The minimum absolute atomic E-state index is 0. The molecule has 84 valence electrons. The van der Waals surface area contributed by atoms with Crippen molar-refractivity contribution < 1.29 is 14.6 Å². The molecule has 1 aromatic rings. The van der Waals surface area contributed by atoms with E-state index in [9.17, 15) is 9.90 Å². The van der Waals surface area contributed by atoms with Gasteiger partial charge in [-0.15, -0.1) is 12.4 Å². The normalized spacial score (nSPS) is 11.4. The van der Waals surface area contributed by atoms with Gasteiger partial charge in [0, 0.05) is 6.04 Å². The van der Waals surface area contributed by atoms with E-state index in [2.05, 4.69) is 4.74 Å². The zero-order valence-electron chi connectivity index (χ0n) is 8.56. The number of benzene rings is 1. The summed E-state index contributed by atoms with van der Waals surface area (Å²) >= 11 is 0. The van der Waals surface area contributed by atoms with Gasteiger partial charge in [-0.25, -0.2) is 4.79 Å². The Labute approximate surface area is 94.5 Å². The van der Waals surface area contributed by atoms with Crippen molar-refractivity contribution in [3.05, 3.63) is 29.3 Å². The van der Waals surface area contributed by atoms with Crippen molar-refractivity contribution in [2.45, 2.75) is 13.0 Å². The summed E-state index contributed by atoms with van der Waals surface area (Å²) in [5.74, 6) is -0.661. The number of rotatable bonds is 2. The molecule has 1 atom stereocenters. The lowest BCUT2D eigenvalue weighted by Gasteiger charge is -2.08. The minimum atomic E-state index is -0.565. The van der Waals surface area contributed by atoms with E-state index in [4.69, 9.17) is 5.73 Å². The lowest BCUT2D eigenvalue weighted by Crippen LogP contribution is -2.08. The van der Waals surface area contributed by atoms with Gasteiger partial charge in [0.15, 0.2) is 0 Å². The number of carbonyl (C=O) groups is 1. The van der Waals surface area contributed by atoms with Crippen molar-refractivity contribution in [3.63, 3.8) is 0 Å². The molecule has 15 heavy (non-hydrogen) atoms. The van der Waals surface area contributed by atoms with Gasteiger partial charge in [-0.05, 0) is 24.6 Å². The van der Waals surface area contributed by atoms with Crippen molar-refractivity contribution in [1.29, 1.82) is 0 Å². The number of methoxy groups -OCH3 is 1. The van der Waals surface area contributed by atoms with Crippen LogP contribution < -0.4 is 5.73 Å². The van der Waals surface area contributed by atoms with E-state index in [1.807, 2.05) is 0 Å². The molecular formula is C10H14ClNO3. The number of halogens is 1. The maximum absolute atomic E-state index is 11.2. The molecule has 3 N–H and O–H groups in total. The molecule has 0 amide bonds. The Bertz CT molecular complexity index is 353. The van der Waals surface area contributed by atoms with Crippen LogP contribution in [0.2, 0.25) is 0 Å². The molecule has 1 aromatic carbocycles. The third-order valence-electron chi connectivity index (χ3n) is 1.95. The van der Waals surface area contributed by atoms with Crippen LogP contribution >= 0.6 is 12.4 Å². The number of hydrogen-bond donors (Lipinski definition) is 2. The average Bonchev–Trinajstić information content (AvgIpc) is 2.17. The Hall–Kier alpha value is -1.26. The molecule has 0 heterocycles. The van der Waals surface area contributed by atoms with Crippen LogP contribution in [0, 0.1) is 0 Å². The molecule has 4 nitrogen and oxygen atoms in total. The maximum atomic E-state index is 11.2. The maximum Gasteiger partial charge on any atom is 0.341 e. The Morgan fingerprint density at radius 3 is 2.60 bits per heavy atom. The topological polar surface area (TPSA) is 72.5 Å². The zero-order chi connectivity index (χ0) is 10.7. The molecule has 0 saturated heterocycles. The molecule has 0 aliphatic carbocycles. The largest absolute Gasteiger partial charge is 0.507 e. The monoisotopic (exact) mass is 231 g/mol. The van der Waals surface area contributed by atoms with Gasteiger partial charge in [-0.1, -0.05) is 6.07 Å². The van der Waals surface area contributed by atoms with Crippen LogP contribution in [-0.2, 0) is 4.74 Å². The summed E-state index contributed by atoms with van der Waals surface area (Å²) < 4.78 is 4.51. The number of esters is 1. The first-order valence-corrected chi connectivity index (χ1v) is 4.23.